The molecule has 46 heavy (non-hydrogen) atoms. The number of amides is 1. The number of hydrogen-bond acceptors (Lipinski definition) is 5. The number of carbonyl (C=O) groups excluding carboxylic acids is 1. The van der Waals surface area contributed by atoms with E-state index in [2.05, 4.69) is 19.2 Å². The summed E-state index contributed by atoms with van der Waals surface area (Å²) in [5, 5.41) is 10.7. The highest BCUT2D eigenvalue weighted by atomic mass is 17.2. The highest BCUT2D eigenvalue weighted by molar-refractivity contribution is 5.71. The molecule has 0 aliphatic carbocycles. The largest absolute Gasteiger partial charge is 0.447 e. The molecule has 0 aromatic heterocycles. The van der Waals surface area contributed by atoms with E-state index in [0.717, 1.165) is 25.7 Å². The van der Waals surface area contributed by atoms with Crippen molar-refractivity contribution in [1.82, 2.24) is 5.32 Å². The molecule has 0 heterocycles. The van der Waals surface area contributed by atoms with Crippen LogP contribution in [0.1, 0.15) is 226 Å². The Labute approximate surface area is 287 Å². The summed E-state index contributed by atoms with van der Waals surface area (Å²) < 4.78 is 5.12. The predicted octanol–water partition coefficient (Wildman–Crippen LogP) is 13.6. The van der Waals surface area contributed by atoms with Gasteiger partial charge in [0.05, 0.1) is 0 Å². The highest BCUT2D eigenvalue weighted by Gasteiger charge is 2.04. The Morgan fingerprint density at radius 3 is 1.15 bits per heavy atom. The Morgan fingerprint density at radius 1 is 0.457 bits per heavy atom. The van der Waals surface area contributed by atoms with Gasteiger partial charge in [0.1, 0.15) is 13.2 Å². The van der Waals surface area contributed by atoms with Crippen molar-refractivity contribution in [3.05, 3.63) is 0 Å². The van der Waals surface area contributed by atoms with Gasteiger partial charge in [-0.25, -0.2) is 4.79 Å². The third-order valence-corrected chi connectivity index (χ3v) is 9.12. The van der Waals surface area contributed by atoms with Crippen LogP contribution in [0.5, 0.6) is 0 Å². The summed E-state index contributed by atoms with van der Waals surface area (Å²) in [6.45, 7) is 5.47. The molecule has 6 nitrogen and oxygen atoms in total. The standard InChI is InChI=1S/C40H80N2O4/c1-3-5-7-9-11-13-15-17-19-21-23-25-27-29-31-33-35-39(41)46-45-38-37-44-40(43)42-36-34-32-30-28-26-24-22-20-18-16-14-12-10-8-6-4-2/h41H,3-38H2,1-2H3,(H,42,43). The van der Waals surface area contributed by atoms with Gasteiger partial charge < -0.3 is 14.9 Å². The lowest BCUT2D eigenvalue weighted by Crippen LogP contribution is -2.26. The second-order valence-electron chi connectivity index (χ2n) is 13.7. The van der Waals surface area contributed by atoms with Crippen LogP contribution in [-0.4, -0.2) is 31.7 Å². The summed E-state index contributed by atoms with van der Waals surface area (Å²) in [6, 6.07) is 0. The minimum absolute atomic E-state index is 0.122. The average molecular weight is 653 g/mol. The van der Waals surface area contributed by atoms with E-state index < -0.39 is 6.09 Å². The zero-order valence-electron chi connectivity index (χ0n) is 31.1. The van der Waals surface area contributed by atoms with Crippen LogP contribution in [0.4, 0.5) is 4.79 Å². The second-order valence-corrected chi connectivity index (χ2v) is 13.7. The van der Waals surface area contributed by atoms with Gasteiger partial charge in [-0.05, 0) is 12.8 Å². The molecule has 0 atom stereocenters. The van der Waals surface area contributed by atoms with Gasteiger partial charge in [-0.1, -0.05) is 206 Å². The second kappa shape index (κ2) is 39.9. The number of alkyl carbamates (subject to hydrolysis) is 1. The van der Waals surface area contributed by atoms with Crippen LogP contribution in [-0.2, 0) is 14.5 Å². The maximum atomic E-state index is 11.8. The Kier molecular flexibility index (Phi) is 38.8. The topological polar surface area (TPSA) is 80.6 Å². The van der Waals surface area contributed by atoms with Crippen molar-refractivity contribution in [3.8, 4) is 0 Å². The third kappa shape index (κ3) is 38.9. The fourth-order valence-electron chi connectivity index (χ4n) is 6.07. The molecule has 0 unspecified atom stereocenters. The van der Waals surface area contributed by atoms with Crippen molar-refractivity contribution in [2.45, 2.75) is 226 Å². The summed E-state index contributed by atoms with van der Waals surface area (Å²) in [5.74, 6) is 0.151. The van der Waals surface area contributed by atoms with Gasteiger partial charge in [0.15, 0.2) is 0 Å². The Morgan fingerprint density at radius 2 is 0.783 bits per heavy atom. The first kappa shape index (κ1) is 44.7. The van der Waals surface area contributed by atoms with Crippen LogP contribution in [0.25, 0.3) is 0 Å². The molecular weight excluding hydrogens is 572 g/mol. The zero-order chi connectivity index (χ0) is 33.4. The lowest BCUT2D eigenvalue weighted by atomic mass is 10.0. The molecule has 0 rings (SSSR count). The Bertz CT molecular complexity index is 616. The van der Waals surface area contributed by atoms with E-state index in [0.29, 0.717) is 13.0 Å². The normalized spacial score (nSPS) is 11.2. The van der Waals surface area contributed by atoms with E-state index in [-0.39, 0.29) is 19.1 Å². The first-order valence-corrected chi connectivity index (χ1v) is 20.5. The van der Waals surface area contributed by atoms with Crippen LogP contribution >= 0.6 is 0 Å². The molecule has 0 radical (unpaired) electrons. The lowest BCUT2D eigenvalue weighted by Gasteiger charge is -2.08. The minimum atomic E-state index is -0.409. The van der Waals surface area contributed by atoms with Gasteiger partial charge in [-0.2, -0.15) is 4.89 Å². The minimum Gasteiger partial charge on any atom is -0.447 e. The lowest BCUT2D eigenvalue weighted by molar-refractivity contribution is -0.229. The quantitative estimate of drug-likeness (QED) is 0.0229. The number of nitrogens with one attached hydrogen (secondary N) is 2. The van der Waals surface area contributed by atoms with E-state index in [9.17, 15) is 4.79 Å². The molecule has 0 fully saturated rings. The summed E-state index contributed by atoms with van der Waals surface area (Å²) in [5.41, 5.74) is 0. The van der Waals surface area contributed by atoms with Crippen molar-refractivity contribution in [2.75, 3.05) is 19.8 Å². The van der Waals surface area contributed by atoms with Gasteiger partial charge in [0, 0.05) is 13.0 Å². The molecule has 0 aliphatic rings. The molecule has 0 aromatic carbocycles. The van der Waals surface area contributed by atoms with Crippen LogP contribution in [0, 0.1) is 5.41 Å². The van der Waals surface area contributed by atoms with E-state index in [4.69, 9.17) is 19.9 Å². The maximum Gasteiger partial charge on any atom is 0.407 e. The van der Waals surface area contributed by atoms with Gasteiger partial charge in [-0.15, -0.1) is 0 Å². The third-order valence-electron chi connectivity index (χ3n) is 9.12. The van der Waals surface area contributed by atoms with Crippen LogP contribution in [0.2, 0.25) is 0 Å². The van der Waals surface area contributed by atoms with E-state index in [1.54, 1.807) is 0 Å². The fraction of sp³-hybridized carbons (Fsp3) is 0.950. The summed E-state index contributed by atoms with van der Waals surface area (Å²) in [6.07, 6.45) is 43.1. The average Bonchev–Trinajstić information content (AvgIpc) is 3.05. The molecule has 0 aliphatic heterocycles. The Hall–Kier alpha value is -1.30. The van der Waals surface area contributed by atoms with Crippen LogP contribution < -0.4 is 5.32 Å². The van der Waals surface area contributed by atoms with E-state index in [1.165, 1.54) is 180 Å². The SMILES string of the molecule is CCCCCCCCCCCCCCCCCCNC(=O)OCCOOC(=N)CCCCCCCCCCCCCCCCCC. The number of hydrogen-bond donors (Lipinski definition) is 2. The number of unbranched alkanes of at least 4 members (excludes halogenated alkanes) is 30. The van der Waals surface area contributed by atoms with Crippen molar-refractivity contribution >= 4 is 12.0 Å². The van der Waals surface area contributed by atoms with Gasteiger partial charge in [-0.3, -0.25) is 5.41 Å². The van der Waals surface area contributed by atoms with Crippen molar-refractivity contribution < 1.29 is 19.3 Å². The maximum absolute atomic E-state index is 11.8. The van der Waals surface area contributed by atoms with Crippen molar-refractivity contribution in [3.63, 3.8) is 0 Å². The predicted molar refractivity (Wildman–Crippen MR) is 198 cm³/mol. The smallest absolute Gasteiger partial charge is 0.407 e. The summed E-state index contributed by atoms with van der Waals surface area (Å²) in [4.78, 5) is 21.9. The van der Waals surface area contributed by atoms with Crippen LogP contribution in [0.15, 0.2) is 0 Å². The fourth-order valence-corrected chi connectivity index (χ4v) is 6.07. The van der Waals surface area contributed by atoms with Crippen molar-refractivity contribution in [2.24, 2.45) is 0 Å². The summed E-state index contributed by atoms with van der Waals surface area (Å²) in [7, 11) is 0. The van der Waals surface area contributed by atoms with E-state index >= 15 is 0 Å². The van der Waals surface area contributed by atoms with Crippen LogP contribution in [0.3, 0.4) is 0 Å². The highest BCUT2D eigenvalue weighted by Crippen LogP contribution is 2.15. The first-order chi connectivity index (χ1) is 22.7. The van der Waals surface area contributed by atoms with Gasteiger partial charge >= 0.3 is 6.09 Å². The zero-order valence-corrected chi connectivity index (χ0v) is 31.1. The first-order valence-electron chi connectivity index (χ1n) is 20.5. The van der Waals surface area contributed by atoms with Gasteiger partial charge in [0.2, 0.25) is 5.90 Å². The molecule has 0 saturated heterocycles. The van der Waals surface area contributed by atoms with Crippen molar-refractivity contribution in [1.29, 1.82) is 5.41 Å². The number of carbonyl (C=O) groups is 1. The van der Waals surface area contributed by atoms with E-state index in [1.807, 2.05) is 0 Å². The molecule has 1 amide bonds. The molecule has 0 aromatic rings. The molecule has 6 heteroatoms. The molecule has 0 bridgehead atoms. The molecule has 274 valence electrons. The molecule has 0 spiro atoms. The summed E-state index contributed by atoms with van der Waals surface area (Å²) >= 11 is 0. The molecule has 2 N–H and O–H groups in total. The monoisotopic (exact) mass is 653 g/mol. The number of ether oxygens (including phenoxy) is 1. The number of rotatable bonds is 38. The molecular formula is C40H80N2O4. The molecule has 0 saturated carbocycles. The Balaban J connectivity index is 3.25. The van der Waals surface area contributed by atoms with Gasteiger partial charge in [0.25, 0.3) is 0 Å².